The van der Waals surface area contributed by atoms with Gasteiger partial charge in [-0.1, -0.05) is 35.4 Å². The molecule has 0 N–H and O–H groups in total. The molecule has 0 unspecified atom stereocenters. The third-order valence-electron chi connectivity index (χ3n) is 4.27. The van der Waals surface area contributed by atoms with Gasteiger partial charge in [0.15, 0.2) is 0 Å². The zero-order chi connectivity index (χ0) is 19.1. The quantitative estimate of drug-likeness (QED) is 0.722. The fourth-order valence-corrected chi connectivity index (χ4v) is 6.43. The number of rotatable bonds is 4. The summed E-state index contributed by atoms with van der Waals surface area (Å²) in [6.07, 6.45) is -1.31. The minimum atomic E-state index is -3.89. The molecule has 6 nitrogen and oxygen atoms in total. The van der Waals surface area contributed by atoms with Crippen LogP contribution in [-0.2, 0) is 20.0 Å². The van der Waals surface area contributed by atoms with Crippen molar-refractivity contribution < 1.29 is 16.8 Å². The minimum absolute atomic E-state index is 0.00450. The van der Waals surface area contributed by atoms with Crippen molar-refractivity contribution in [3.63, 3.8) is 0 Å². The van der Waals surface area contributed by atoms with Gasteiger partial charge in [0.05, 0.1) is 9.79 Å². The number of sulfonamides is 2. The fourth-order valence-electron chi connectivity index (χ4n) is 2.71. The number of nitrogens with zero attached hydrogens (tertiary/aromatic N) is 2. The highest BCUT2D eigenvalue weighted by Crippen LogP contribution is 2.29. The monoisotopic (exact) mass is 412 g/mol. The number of hydrogen-bond acceptors (Lipinski definition) is 4. The molecule has 0 amide bonds. The molecule has 2 aromatic rings. The van der Waals surface area contributed by atoms with Gasteiger partial charge in [-0.05, 0) is 38.1 Å². The van der Waals surface area contributed by atoms with Crippen LogP contribution in [0.5, 0.6) is 0 Å². The molecule has 2 aromatic carbocycles. The number of aryl methyl sites for hydroxylation is 2. The molecular weight excluding hydrogens is 395 g/mol. The molecule has 0 saturated carbocycles. The molecule has 0 aromatic heterocycles. The third-order valence-corrected chi connectivity index (χ3v) is 8.71. The summed E-state index contributed by atoms with van der Waals surface area (Å²) in [6.45, 7) is 3.70. The van der Waals surface area contributed by atoms with E-state index in [1.165, 1.54) is 24.3 Å². The molecule has 138 valence electrons. The van der Waals surface area contributed by atoms with Gasteiger partial charge >= 0.3 is 6.40 Å². The molecule has 0 aliphatic carbocycles. The Morgan fingerprint density at radius 2 is 1.04 bits per heavy atom. The van der Waals surface area contributed by atoms with Gasteiger partial charge in [-0.2, -0.15) is 0 Å². The summed E-state index contributed by atoms with van der Waals surface area (Å²) in [4.78, 5) is 0.173. The largest absolute Gasteiger partial charge is 0.448 e. The topological polar surface area (TPSA) is 74.8 Å². The van der Waals surface area contributed by atoms with E-state index in [2.05, 4.69) is 0 Å². The first-order valence-corrected chi connectivity index (χ1v) is 11.3. The third kappa shape index (κ3) is 3.42. The first-order valence-electron chi connectivity index (χ1n) is 7.95. The van der Waals surface area contributed by atoms with Crippen LogP contribution in [0.2, 0.25) is 0 Å². The van der Waals surface area contributed by atoms with E-state index in [0.29, 0.717) is 0 Å². The molecule has 3 rings (SSSR count). The summed E-state index contributed by atoms with van der Waals surface area (Å²) in [7, 11) is -7.78. The highest BCUT2D eigenvalue weighted by atomic mass is 35.5. The van der Waals surface area contributed by atoms with E-state index >= 15 is 0 Å². The molecule has 0 bridgehead atoms. The molecule has 0 spiro atoms. The summed E-state index contributed by atoms with van der Waals surface area (Å²) in [5.41, 5.74) is 1.85. The van der Waals surface area contributed by atoms with Gasteiger partial charge in [0.1, 0.15) is 0 Å². The zero-order valence-electron chi connectivity index (χ0n) is 14.3. The maximum absolute atomic E-state index is 12.8. The van der Waals surface area contributed by atoms with Crippen molar-refractivity contribution in [3.8, 4) is 0 Å². The Morgan fingerprint density at radius 3 is 1.35 bits per heavy atom. The molecule has 1 aliphatic heterocycles. The maximum Gasteiger partial charge on any atom is 0.448 e. The van der Waals surface area contributed by atoms with Crippen molar-refractivity contribution in [1.29, 1.82) is 0 Å². The lowest BCUT2D eigenvalue weighted by Crippen LogP contribution is -2.45. The van der Waals surface area contributed by atoms with Crippen LogP contribution in [0.1, 0.15) is 11.1 Å². The lowest BCUT2D eigenvalue weighted by molar-refractivity contribution is 0.536. The van der Waals surface area contributed by atoms with E-state index in [4.69, 9.17) is 11.5 Å². The number of benzene rings is 2. The summed E-state index contributed by atoms with van der Waals surface area (Å²) in [5.74, 6) is 0. The normalized spacial score (nSPS) is 17.0. The molecule has 10 heteroatoms. The van der Waals surface area contributed by atoms with Crippen LogP contribution < -0.4 is 0 Å². The number of halogens is 1. The van der Waals surface area contributed by atoms with Gasteiger partial charge in [0, 0.05) is 13.1 Å². The fraction of sp³-hybridized carbons (Fsp3) is 0.250. The van der Waals surface area contributed by atoms with Gasteiger partial charge in [0.2, 0.25) is 20.0 Å². The highest BCUT2D eigenvalue weighted by Gasteiger charge is 2.48. The Balaban J connectivity index is 1.91. The second kappa shape index (κ2) is 6.97. The Kier molecular flexibility index (Phi) is 5.20. The van der Waals surface area contributed by atoms with Gasteiger partial charge in [0.25, 0.3) is 0 Å². The second-order valence-electron chi connectivity index (χ2n) is 6.17. The lowest BCUT2D eigenvalue weighted by Gasteiger charge is -2.21. The van der Waals surface area contributed by atoms with Crippen LogP contribution in [-0.4, -0.2) is 44.8 Å². The van der Waals surface area contributed by atoms with Gasteiger partial charge < -0.3 is 0 Å². The maximum atomic E-state index is 12.8. The Bertz CT molecular complexity index is 926. The van der Waals surface area contributed by atoms with Gasteiger partial charge in [-0.3, -0.25) is 0 Å². The summed E-state index contributed by atoms with van der Waals surface area (Å²) in [6, 6.07) is 12.7. The van der Waals surface area contributed by atoms with Crippen molar-refractivity contribution >= 4 is 37.9 Å². The molecule has 1 fully saturated rings. The van der Waals surface area contributed by atoms with Crippen LogP contribution in [0.4, 0.5) is 0 Å². The van der Waals surface area contributed by atoms with Crippen molar-refractivity contribution in [2.24, 2.45) is 0 Å². The Labute approximate surface area is 159 Å². The van der Waals surface area contributed by atoms with E-state index in [-0.39, 0.29) is 22.9 Å². The Morgan fingerprint density at radius 1 is 0.731 bits per heavy atom. The Hall–Kier alpha value is -1.39. The molecule has 0 radical (unpaired) electrons. The van der Waals surface area contributed by atoms with Crippen molar-refractivity contribution in [3.05, 3.63) is 59.7 Å². The number of hydrogen-bond donors (Lipinski definition) is 0. The SMILES string of the molecule is Cc1ccc(S(=O)(=O)N2CCN(S(=O)(=O)c3ccc(C)cc3)B2Cl)cc1. The second-order valence-corrected chi connectivity index (χ2v) is 10.3. The smallest absolute Gasteiger partial charge is 0.208 e. The minimum Gasteiger partial charge on any atom is -0.208 e. The van der Waals surface area contributed by atoms with E-state index in [0.717, 1.165) is 19.6 Å². The van der Waals surface area contributed by atoms with Crippen LogP contribution in [0.15, 0.2) is 58.3 Å². The average Bonchev–Trinajstić information content (AvgIpc) is 2.99. The van der Waals surface area contributed by atoms with Crippen molar-refractivity contribution in [1.82, 2.24) is 8.43 Å². The molecular formula is C16H18BClN2O4S2. The highest BCUT2D eigenvalue weighted by molar-refractivity contribution is 7.93. The van der Waals surface area contributed by atoms with E-state index in [9.17, 15) is 16.8 Å². The molecule has 26 heavy (non-hydrogen) atoms. The van der Waals surface area contributed by atoms with Crippen LogP contribution in [0, 0.1) is 13.8 Å². The molecule has 1 heterocycles. The zero-order valence-corrected chi connectivity index (χ0v) is 16.7. The van der Waals surface area contributed by atoms with Crippen molar-refractivity contribution in [2.45, 2.75) is 23.6 Å². The average molecular weight is 413 g/mol. The standard InChI is InChI=1S/C16H18BClN2O4S2/c1-13-3-7-15(8-4-13)25(21,22)19-11-12-20(17(19)18)26(23,24)16-9-5-14(2)6-10-16/h3-10H,11-12H2,1-2H3. The first kappa shape index (κ1) is 19.4. The summed E-state index contributed by atoms with van der Waals surface area (Å²) in [5, 5.41) is 0. The van der Waals surface area contributed by atoms with Crippen LogP contribution in [0.3, 0.4) is 0 Å². The van der Waals surface area contributed by atoms with E-state index in [1.54, 1.807) is 24.3 Å². The summed E-state index contributed by atoms with van der Waals surface area (Å²) >= 11 is 6.27. The molecule has 1 saturated heterocycles. The van der Waals surface area contributed by atoms with E-state index in [1.807, 2.05) is 13.8 Å². The lowest BCUT2D eigenvalue weighted by atomic mass is 10.2. The van der Waals surface area contributed by atoms with Gasteiger partial charge in [-0.15, -0.1) is 11.5 Å². The van der Waals surface area contributed by atoms with Crippen molar-refractivity contribution in [2.75, 3.05) is 13.1 Å². The molecule has 0 atom stereocenters. The van der Waals surface area contributed by atoms with Crippen LogP contribution in [0.25, 0.3) is 0 Å². The van der Waals surface area contributed by atoms with E-state index < -0.39 is 26.4 Å². The van der Waals surface area contributed by atoms with Crippen LogP contribution >= 0.6 is 11.5 Å². The first-order chi connectivity index (χ1) is 12.1. The molecule has 1 aliphatic rings. The predicted octanol–water partition coefficient (Wildman–Crippen LogP) is 2.22. The summed E-state index contributed by atoms with van der Waals surface area (Å²) < 4.78 is 53.3. The predicted molar refractivity (Wildman–Crippen MR) is 102 cm³/mol. The van der Waals surface area contributed by atoms with Gasteiger partial charge in [-0.25, -0.2) is 25.3 Å².